The molecule has 0 radical (unpaired) electrons. The van der Waals surface area contributed by atoms with E-state index in [0.717, 1.165) is 23.5 Å². The third-order valence-electron chi connectivity index (χ3n) is 3.94. The molecule has 0 spiro atoms. The van der Waals surface area contributed by atoms with Gasteiger partial charge in [0.1, 0.15) is 0 Å². The summed E-state index contributed by atoms with van der Waals surface area (Å²) in [5, 5.41) is 7.08. The van der Waals surface area contributed by atoms with E-state index in [-0.39, 0.29) is 25.4 Å². The number of nitrogens with zero attached hydrogens (tertiary/aromatic N) is 2. The van der Waals surface area contributed by atoms with Crippen molar-refractivity contribution in [2.24, 2.45) is 5.92 Å². The van der Waals surface area contributed by atoms with Gasteiger partial charge in [0.2, 0.25) is 0 Å². The van der Waals surface area contributed by atoms with Crippen molar-refractivity contribution < 1.29 is 23.9 Å². The molecule has 8 nitrogen and oxygen atoms in total. The van der Waals surface area contributed by atoms with Crippen molar-refractivity contribution in [3.8, 4) is 0 Å². The molecule has 0 saturated heterocycles. The minimum absolute atomic E-state index is 0.0892. The quantitative estimate of drug-likeness (QED) is 0.463. The fraction of sp³-hybridized carbons (Fsp3) is 0.684. The molecule has 152 valence electrons. The molecule has 0 bridgehead atoms. The number of rotatable bonds is 11. The Bertz CT molecular complexity index is 652. The zero-order valence-electron chi connectivity index (χ0n) is 17.0. The molecule has 1 amide bonds. The number of hydrogen-bond donors (Lipinski definition) is 1. The van der Waals surface area contributed by atoms with Crippen LogP contribution in [0.4, 0.5) is 0 Å². The highest BCUT2D eigenvalue weighted by Gasteiger charge is 2.17. The van der Waals surface area contributed by atoms with Crippen LogP contribution in [0, 0.1) is 19.8 Å². The SMILES string of the molecule is CCOC(=O)CCCNC(=O)COC(=O)Cc1c(C)nn(CC(C)C)c1C. The maximum Gasteiger partial charge on any atom is 0.310 e. The van der Waals surface area contributed by atoms with Crippen molar-refractivity contribution in [1.29, 1.82) is 0 Å². The first-order valence-corrected chi connectivity index (χ1v) is 9.35. The van der Waals surface area contributed by atoms with Crippen LogP contribution in [-0.4, -0.2) is 47.4 Å². The van der Waals surface area contributed by atoms with Crippen LogP contribution in [0.5, 0.6) is 0 Å². The number of ether oxygens (including phenoxy) is 2. The monoisotopic (exact) mass is 381 g/mol. The molecule has 1 aromatic heterocycles. The van der Waals surface area contributed by atoms with Gasteiger partial charge < -0.3 is 14.8 Å². The van der Waals surface area contributed by atoms with Crippen LogP contribution in [0.3, 0.4) is 0 Å². The molecule has 0 fully saturated rings. The van der Waals surface area contributed by atoms with E-state index in [1.54, 1.807) is 6.92 Å². The second kappa shape index (κ2) is 11.4. The van der Waals surface area contributed by atoms with Crippen molar-refractivity contribution in [1.82, 2.24) is 15.1 Å². The van der Waals surface area contributed by atoms with E-state index in [1.165, 1.54) is 0 Å². The minimum atomic E-state index is -0.466. The van der Waals surface area contributed by atoms with E-state index in [1.807, 2.05) is 18.5 Å². The van der Waals surface area contributed by atoms with E-state index in [0.29, 0.717) is 25.5 Å². The van der Waals surface area contributed by atoms with Crippen LogP contribution in [0.1, 0.15) is 50.6 Å². The van der Waals surface area contributed by atoms with Crippen LogP contribution < -0.4 is 5.32 Å². The molecule has 0 aliphatic heterocycles. The fourth-order valence-electron chi connectivity index (χ4n) is 2.60. The Hall–Kier alpha value is -2.38. The first-order valence-electron chi connectivity index (χ1n) is 9.35. The number of carbonyl (C=O) groups excluding carboxylic acids is 3. The van der Waals surface area contributed by atoms with Crippen LogP contribution >= 0.6 is 0 Å². The molecule has 0 aliphatic carbocycles. The number of esters is 2. The third-order valence-corrected chi connectivity index (χ3v) is 3.94. The highest BCUT2D eigenvalue weighted by molar-refractivity contribution is 5.81. The number of amides is 1. The number of aromatic nitrogens is 2. The second-order valence-electron chi connectivity index (χ2n) is 6.82. The van der Waals surface area contributed by atoms with Crippen molar-refractivity contribution in [2.75, 3.05) is 19.8 Å². The van der Waals surface area contributed by atoms with Crippen LogP contribution in [-0.2, 0) is 36.8 Å². The van der Waals surface area contributed by atoms with Gasteiger partial charge in [0.25, 0.3) is 5.91 Å². The maximum absolute atomic E-state index is 12.0. The lowest BCUT2D eigenvalue weighted by molar-refractivity contribution is -0.147. The molecule has 8 heteroatoms. The van der Waals surface area contributed by atoms with Gasteiger partial charge in [0, 0.05) is 30.8 Å². The van der Waals surface area contributed by atoms with Gasteiger partial charge in [-0.25, -0.2) is 0 Å². The minimum Gasteiger partial charge on any atom is -0.466 e. The second-order valence-corrected chi connectivity index (χ2v) is 6.82. The van der Waals surface area contributed by atoms with Gasteiger partial charge in [-0.15, -0.1) is 0 Å². The summed E-state index contributed by atoms with van der Waals surface area (Å²) in [7, 11) is 0. The highest BCUT2D eigenvalue weighted by Crippen LogP contribution is 2.15. The van der Waals surface area contributed by atoms with Crippen LogP contribution in [0.25, 0.3) is 0 Å². The first-order chi connectivity index (χ1) is 12.7. The van der Waals surface area contributed by atoms with Crippen LogP contribution in [0.15, 0.2) is 0 Å². The van der Waals surface area contributed by atoms with E-state index < -0.39 is 11.9 Å². The molecule has 1 N–H and O–H groups in total. The molecule has 0 aliphatic rings. The van der Waals surface area contributed by atoms with Gasteiger partial charge in [-0.1, -0.05) is 13.8 Å². The molecule has 1 heterocycles. The van der Waals surface area contributed by atoms with Gasteiger partial charge in [0.05, 0.1) is 18.7 Å². The molecule has 0 aromatic carbocycles. The lowest BCUT2D eigenvalue weighted by Gasteiger charge is -2.08. The summed E-state index contributed by atoms with van der Waals surface area (Å²) in [5.74, 6) is -0.694. The maximum atomic E-state index is 12.0. The van der Waals surface area contributed by atoms with Gasteiger partial charge in [0.15, 0.2) is 6.61 Å². The Morgan fingerprint density at radius 2 is 1.85 bits per heavy atom. The molecular formula is C19H31N3O5. The zero-order valence-corrected chi connectivity index (χ0v) is 17.0. The number of carbonyl (C=O) groups is 3. The van der Waals surface area contributed by atoms with E-state index in [9.17, 15) is 14.4 Å². The Labute approximate surface area is 160 Å². The average molecular weight is 381 g/mol. The molecule has 0 atom stereocenters. The van der Waals surface area contributed by atoms with Crippen molar-refractivity contribution in [3.63, 3.8) is 0 Å². The molecule has 0 saturated carbocycles. The average Bonchev–Trinajstić information content (AvgIpc) is 2.84. The normalized spacial score (nSPS) is 10.7. The summed E-state index contributed by atoms with van der Waals surface area (Å²) < 4.78 is 11.7. The Morgan fingerprint density at radius 1 is 1.15 bits per heavy atom. The topological polar surface area (TPSA) is 99.5 Å². The van der Waals surface area contributed by atoms with Crippen LogP contribution in [0.2, 0.25) is 0 Å². The molecular weight excluding hydrogens is 350 g/mol. The summed E-state index contributed by atoms with van der Waals surface area (Å²) in [6.45, 7) is 10.9. The smallest absolute Gasteiger partial charge is 0.310 e. The van der Waals surface area contributed by atoms with Gasteiger partial charge >= 0.3 is 11.9 Å². The lowest BCUT2D eigenvalue weighted by Crippen LogP contribution is -2.30. The van der Waals surface area contributed by atoms with Gasteiger partial charge in [-0.2, -0.15) is 5.10 Å². The molecule has 1 aromatic rings. The fourth-order valence-corrected chi connectivity index (χ4v) is 2.60. The molecule has 0 unspecified atom stereocenters. The summed E-state index contributed by atoms with van der Waals surface area (Å²) in [5.41, 5.74) is 2.59. The molecule has 27 heavy (non-hydrogen) atoms. The summed E-state index contributed by atoms with van der Waals surface area (Å²) in [4.78, 5) is 34.9. The summed E-state index contributed by atoms with van der Waals surface area (Å²) in [6.07, 6.45) is 0.810. The summed E-state index contributed by atoms with van der Waals surface area (Å²) >= 11 is 0. The van der Waals surface area contributed by atoms with Crippen molar-refractivity contribution >= 4 is 17.8 Å². The van der Waals surface area contributed by atoms with Gasteiger partial charge in [-0.05, 0) is 33.1 Å². The Balaban J connectivity index is 2.36. The third kappa shape index (κ3) is 8.23. The standard InChI is InChI=1S/C19H31N3O5/c1-6-26-18(24)8-7-9-20-17(23)12-27-19(25)10-16-14(4)21-22(15(16)5)11-13(2)3/h13H,6-12H2,1-5H3,(H,20,23). The first kappa shape index (κ1) is 22.7. The summed E-state index contributed by atoms with van der Waals surface area (Å²) in [6, 6.07) is 0. The Morgan fingerprint density at radius 3 is 2.48 bits per heavy atom. The number of nitrogens with one attached hydrogen (secondary N) is 1. The molecule has 1 rings (SSSR count). The highest BCUT2D eigenvalue weighted by atomic mass is 16.5. The predicted molar refractivity (Wildman–Crippen MR) is 100 cm³/mol. The predicted octanol–water partition coefficient (Wildman–Crippen LogP) is 1.70. The lowest BCUT2D eigenvalue weighted by atomic mass is 10.1. The van der Waals surface area contributed by atoms with Crippen molar-refractivity contribution in [3.05, 3.63) is 17.0 Å². The van der Waals surface area contributed by atoms with E-state index in [4.69, 9.17) is 9.47 Å². The number of hydrogen-bond acceptors (Lipinski definition) is 6. The van der Waals surface area contributed by atoms with Crippen molar-refractivity contribution in [2.45, 2.75) is 60.4 Å². The largest absolute Gasteiger partial charge is 0.466 e. The van der Waals surface area contributed by atoms with Gasteiger partial charge in [-0.3, -0.25) is 19.1 Å². The zero-order chi connectivity index (χ0) is 20.4. The van der Waals surface area contributed by atoms with E-state index in [2.05, 4.69) is 24.3 Å². The van der Waals surface area contributed by atoms with E-state index >= 15 is 0 Å². The number of aryl methyl sites for hydroxylation is 1. The Kier molecular flexibility index (Phi) is 9.53.